The summed E-state index contributed by atoms with van der Waals surface area (Å²) in [5.74, 6) is -0.403. The smallest absolute Gasteiger partial charge is 0.248 e. The van der Waals surface area contributed by atoms with Gasteiger partial charge >= 0.3 is 0 Å². The number of anilines is 1. The zero-order valence-electron chi connectivity index (χ0n) is 8.92. The average Bonchev–Trinajstić information content (AvgIpc) is 2.26. The highest BCUT2D eigenvalue weighted by Crippen LogP contribution is 2.10. The number of amides is 1. The predicted octanol–water partition coefficient (Wildman–Crippen LogP) is 2.16. The molecule has 0 aromatic heterocycles. The number of benzene rings is 1. The maximum Gasteiger partial charge on any atom is 0.248 e. The molecule has 0 fully saturated rings. The molecule has 3 N–H and O–H groups in total. The van der Waals surface area contributed by atoms with Gasteiger partial charge in [-0.2, -0.15) is 0 Å². The molecule has 1 rings (SSSR count). The van der Waals surface area contributed by atoms with Crippen molar-refractivity contribution in [2.24, 2.45) is 5.73 Å². The van der Waals surface area contributed by atoms with E-state index >= 15 is 0 Å². The molecule has 3 heteroatoms. The molecular formula is C12H16N2O. The Labute approximate surface area is 90.0 Å². The van der Waals surface area contributed by atoms with Gasteiger partial charge in [-0.3, -0.25) is 4.79 Å². The molecule has 0 radical (unpaired) electrons. The van der Waals surface area contributed by atoms with E-state index < -0.39 is 5.91 Å². The van der Waals surface area contributed by atoms with Crippen LogP contribution < -0.4 is 11.1 Å². The average molecular weight is 204 g/mol. The van der Waals surface area contributed by atoms with Crippen molar-refractivity contribution in [3.8, 4) is 0 Å². The Balaban J connectivity index is 2.57. The molecule has 0 unspecified atom stereocenters. The molecule has 0 aliphatic rings. The molecule has 3 nitrogen and oxygen atoms in total. The van der Waals surface area contributed by atoms with Crippen LogP contribution in [-0.2, 0) is 0 Å². The zero-order chi connectivity index (χ0) is 11.3. The van der Waals surface area contributed by atoms with Crippen LogP contribution in [0.25, 0.3) is 0 Å². The summed E-state index contributed by atoms with van der Waals surface area (Å²) in [6.07, 6.45) is 0.965. The fraction of sp³-hybridized carbons (Fsp3) is 0.250. The molecule has 0 aliphatic carbocycles. The second-order valence-corrected chi connectivity index (χ2v) is 3.40. The second-order valence-electron chi connectivity index (χ2n) is 3.40. The standard InChI is InChI=1S/C12H16N2O/c1-3-9(2)8-14-11-6-4-10(5-7-11)12(13)15/h4-7,14H,2-3,8H2,1H3,(H2,13,15). The van der Waals surface area contributed by atoms with Crippen LogP contribution in [0.2, 0.25) is 0 Å². The van der Waals surface area contributed by atoms with Crippen molar-refractivity contribution in [3.63, 3.8) is 0 Å². The van der Waals surface area contributed by atoms with Crippen molar-refractivity contribution in [1.82, 2.24) is 0 Å². The minimum absolute atomic E-state index is 0.403. The lowest BCUT2D eigenvalue weighted by molar-refractivity contribution is 0.100. The van der Waals surface area contributed by atoms with Crippen LogP contribution in [-0.4, -0.2) is 12.5 Å². The zero-order valence-corrected chi connectivity index (χ0v) is 8.92. The van der Waals surface area contributed by atoms with Gasteiger partial charge in [0, 0.05) is 17.8 Å². The monoisotopic (exact) mass is 204 g/mol. The second kappa shape index (κ2) is 5.20. The Morgan fingerprint density at radius 3 is 2.47 bits per heavy atom. The number of nitrogens with one attached hydrogen (secondary N) is 1. The molecular weight excluding hydrogens is 188 g/mol. The van der Waals surface area contributed by atoms with Crippen LogP contribution in [0, 0.1) is 0 Å². The number of primary amides is 1. The maximum atomic E-state index is 10.8. The van der Waals surface area contributed by atoms with Gasteiger partial charge in [-0.1, -0.05) is 19.1 Å². The van der Waals surface area contributed by atoms with Crippen LogP contribution in [0.1, 0.15) is 23.7 Å². The highest BCUT2D eigenvalue weighted by atomic mass is 16.1. The topological polar surface area (TPSA) is 55.1 Å². The van der Waals surface area contributed by atoms with Gasteiger partial charge in [-0.05, 0) is 30.7 Å². The van der Waals surface area contributed by atoms with Crippen molar-refractivity contribution < 1.29 is 4.79 Å². The Bertz CT molecular complexity index is 354. The summed E-state index contributed by atoms with van der Waals surface area (Å²) < 4.78 is 0. The summed E-state index contributed by atoms with van der Waals surface area (Å²) in [4.78, 5) is 10.8. The Morgan fingerprint density at radius 2 is 2.00 bits per heavy atom. The molecule has 1 amide bonds. The molecule has 0 saturated heterocycles. The first-order chi connectivity index (χ1) is 7.13. The van der Waals surface area contributed by atoms with Crippen LogP contribution in [0.3, 0.4) is 0 Å². The van der Waals surface area contributed by atoms with Gasteiger partial charge in [0.05, 0.1) is 0 Å². The van der Waals surface area contributed by atoms with E-state index in [1.807, 2.05) is 12.1 Å². The van der Waals surface area contributed by atoms with E-state index in [9.17, 15) is 4.79 Å². The number of carbonyl (C=O) groups excluding carboxylic acids is 1. The van der Waals surface area contributed by atoms with E-state index in [1.54, 1.807) is 12.1 Å². The highest BCUT2D eigenvalue weighted by molar-refractivity contribution is 5.93. The fourth-order valence-electron chi connectivity index (χ4n) is 1.10. The number of carbonyl (C=O) groups is 1. The van der Waals surface area contributed by atoms with Crippen molar-refractivity contribution in [2.45, 2.75) is 13.3 Å². The molecule has 0 heterocycles. The molecule has 15 heavy (non-hydrogen) atoms. The van der Waals surface area contributed by atoms with Gasteiger partial charge in [0.2, 0.25) is 5.91 Å². The van der Waals surface area contributed by atoms with Gasteiger partial charge in [-0.15, -0.1) is 0 Å². The SMILES string of the molecule is C=C(CC)CNc1ccc(C(N)=O)cc1. The van der Waals surface area contributed by atoms with E-state index in [-0.39, 0.29) is 0 Å². The summed E-state index contributed by atoms with van der Waals surface area (Å²) in [7, 11) is 0. The van der Waals surface area contributed by atoms with Crippen LogP contribution >= 0.6 is 0 Å². The molecule has 0 atom stereocenters. The Morgan fingerprint density at radius 1 is 1.40 bits per heavy atom. The normalized spacial score (nSPS) is 9.67. The first kappa shape index (κ1) is 11.3. The summed E-state index contributed by atoms with van der Waals surface area (Å²) in [5.41, 5.74) is 7.77. The Hall–Kier alpha value is -1.77. The first-order valence-electron chi connectivity index (χ1n) is 4.94. The highest BCUT2D eigenvalue weighted by Gasteiger charge is 1.99. The minimum atomic E-state index is -0.403. The van der Waals surface area contributed by atoms with Crippen LogP contribution in [0.5, 0.6) is 0 Å². The van der Waals surface area contributed by atoms with Crippen LogP contribution in [0.15, 0.2) is 36.4 Å². The molecule has 0 bridgehead atoms. The van der Waals surface area contributed by atoms with E-state index in [0.717, 1.165) is 24.2 Å². The summed E-state index contributed by atoms with van der Waals surface area (Å²) in [5, 5.41) is 3.21. The molecule has 0 saturated carbocycles. The van der Waals surface area contributed by atoms with Crippen LogP contribution in [0.4, 0.5) is 5.69 Å². The van der Waals surface area contributed by atoms with Crippen molar-refractivity contribution in [2.75, 3.05) is 11.9 Å². The van der Waals surface area contributed by atoms with Crippen molar-refractivity contribution >= 4 is 11.6 Å². The van der Waals surface area contributed by atoms with Gasteiger partial charge in [0.1, 0.15) is 0 Å². The van der Waals surface area contributed by atoms with Gasteiger partial charge in [0.25, 0.3) is 0 Å². The third kappa shape index (κ3) is 3.46. The van der Waals surface area contributed by atoms with Gasteiger partial charge < -0.3 is 11.1 Å². The largest absolute Gasteiger partial charge is 0.381 e. The third-order valence-corrected chi connectivity index (χ3v) is 2.21. The lowest BCUT2D eigenvalue weighted by atomic mass is 10.2. The number of nitrogens with two attached hydrogens (primary N) is 1. The van der Waals surface area contributed by atoms with Crippen molar-refractivity contribution in [1.29, 1.82) is 0 Å². The Kier molecular flexibility index (Phi) is 3.92. The quantitative estimate of drug-likeness (QED) is 0.722. The summed E-state index contributed by atoms with van der Waals surface area (Å²) in [6.45, 7) is 6.72. The summed E-state index contributed by atoms with van der Waals surface area (Å²) in [6, 6.07) is 7.09. The number of rotatable bonds is 5. The number of hydrogen-bond donors (Lipinski definition) is 2. The van der Waals surface area contributed by atoms with E-state index in [4.69, 9.17) is 5.73 Å². The van der Waals surface area contributed by atoms with E-state index in [1.165, 1.54) is 0 Å². The van der Waals surface area contributed by atoms with Gasteiger partial charge in [0.15, 0.2) is 0 Å². The third-order valence-electron chi connectivity index (χ3n) is 2.21. The minimum Gasteiger partial charge on any atom is -0.381 e. The summed E-state index contributed by atoms with van der Waals surface area (Å²) >= 11 is 0. The lowest BCUT2D eigenvalue weighted by Gasteiger charge is -2.07. The lowest BCUT2D eigenvalue weighted by Crippen LogP contribution is -2.10. The molecule has 80 valence electrons. The molecule has 1 aromatic carbocycles. The molecule has 0 spiro atoms. The predicted molar refractivity (Wildman–Crippen MR) is 62.9 cm³/mol. The first-order valence-corrected chi connectivity index (χ1v) is 4.94. The van der Waals surface area contributed by atoms with Crippen molar-refractivity contribution in [3.05, 3.63) is 42.0 Å². The van der Waals surface area contributed by atoms with E-state index in [2.05, 4.69) is 18.8 Å². The fourth-order valence-corrected chi connectivity index (χ4v) is 1.10. The maximum absolute atomic E-state index is 10.8. The van der Waals surface area contributed by atoms with Gasteiger partial charge in [-0.25, -0.2) is 0 Å². The molecule has 0 aliphatic heterocycles. The molecule has 1 aromatic rings. The van der Waals surface area contributed by atoms with E-state index in [0.29, 0.717) is 5.56 Å². The number of hydrogen-bond acceptors (Lipinski definition) is 2.